The Labute approximate surface area is 106 Å². The van der Waals surface area contributed by atoms with Crippen molar-refractivity contribution in [2.75, 3.05) is 19.7 Å². The highest BCUT2D eigenvalue weighted by Gasteiger charge is 2.16. The molecule has 96 valence electrons. The van der Waals surface area contributed by atoms with E-state index in [9.17, 15) is 4.79 Å². The van der Waals surface area contributed by atoms with Crippen LogP contribution in [0.2, 0.25) is 0 Å². The molecule has 1 amide bonds. The molecule has 2 aromatic heterocycles. The quantitative estimate of drug-likeness (QED) is 0.880. The van der Waals surface area contributed by atoms with Gasteiger partial charge >= 0.3 is 0 Å². The van der Waals surface area contributed by atoms with Crippen molar-refractivity contribution in [2.45, 2.75) is 13.8 Å². The molecule has 0 aliphatic carbocycles. The van der Waals surface area contributed by atoms with Crippen molar-refractivity contribution in [2.24, 2.45) is 0 Å². The third kappa shape index (κ3) is 2.36. The van der Waals surface area contributed by atoms with E-state index in [2.05, 4.69) is 4.98 Å². The molecular weight excluding hydrogens is 230 g/mol. The van der Waals surface area contributed by atoms with E-state index in [0.717, 1.165) is 11.2 Å². The molecule has 0 unspecified atom stereocenters. The van der Waals surface area contributed by atoms with Crippen LogP contribution in [0.5, 0.6) is 0 Å². The summed E-state index contributed by atoms with van der Waals surface area (Å²) < 4.78 is 1.83. The van der Waals surface area contributed by atoms with Gasteiger partial charge in [0.2, 0.25) is 0 Å². The van der Waals surface area contributed by atoms with Gasteiger partial charge in [-0.25, -0.2) is 4.98 Å². The summed E-state index contributed by atoms with van der Waals surface area (Å²) in [7, 11) is 0. The highest BCUT2D eigenvalue weighted by molar-refractivity contribution is 5.92. The maximum atomic E-state index is 12.2. The molecule has 0 saturated heterocycles. The molecular formula is C13H17N3O2. The zero-order chi connectivity index (χ0) is 13.1. The van der Waals surface area contributed by atoms with Crippen LogP contribution in [0.15, 0.2) is 24.5 Å². The highest BCUT2D eigenvalue weighted by atomic mass is 16.3. The third-order valence-corrected chi connectivity index (χ3v) is 2.87. The van der Waals surface area contributed by atoms with Crippen LogP contribution < -0.4 is 0 Å². The molecule has 5 heteroatoms. The predicted molar refractivity (Wildman–Crippen MR) is 68.6 cm³/mol. The summed E-state index contributed by atoms with van der Waals surface area (Å²) in [6, 6.07) is 3.90. The lowest BCUT2D eigenvalue weighted by Crippen LogP contribution is -2.33. The number of aromatic nitrogens is 2. The first-order valence-corrected chi connectivity index (χ1v) is 6.01. The Morgan fingerprint density at radius 2 is 2.33 bits per heavy atom. The van der Waals surface area contributed by atoms with E-state index >= 15 is 0 Å². The summed E-state index contributed by atoms with van der Waals surface area (Å²) in [5.41, 5.74) is 2.28. The van der Waals surface area contributed by atoms with Crippen molar-refractivity contribution < 1.29 is 9.90 Å². The maximum absolute atomic E-state index is 12.2. The number of pyridine rings is 1. The third-order valence-electron chi connectivity index (χ3n) is 2.87. The second-order valence-corrected chi connectivity index (χ2v) is 4.20. The maximum Gasteiger partial charge on any atom is 0.274 e. The van der Waals surface area contributed by atoms with Gasteiger partial charge in [-0.1, -0.05) is 0 Å². The van der Waals surface area contributed by atoms with E-state index in [-0.39, 0.29) is 12.5 Å². The van der Waals surface area contributed by atoms with Crippen LogP contribution in [0.25, 0.3) is 5.65 Å². The molecule has 0 saturated carbocycles. The second kappa shape index (κ2) is 5.18. The molecule has 0 spiro atoms. The summed E-state index contributed by atoms with van der Waals surface area (Å²) in [5.74, 6) is -0.145. The zero-order valence-electron chi connectivity index (χ0n) is 10.6. The Balaban J connectivity index is 2.32. The van der Waals surface area contributed by atoms with Crippen molar-refractivity contribution >= 4 is 11.6 Å². The number of nitrogens with zero attached hydrogens (tertiary/aromatic N) is 3. The molecule has 0 atom stereocenters. The fraction of sp³-hybridized carbons (Fsp3) is 0.385. The van der Waals surface area contributed by atoms with Crippen molar-refractivity contribution in [1.29, 1.82) is 0 Å². The summed E-state index contributed by atoms with van der Waals surface area (Å²) in [6.07, 6.45) is 3.61. The molecule has 0 aromatic carbocycles. The normalized spacial score (nSPS) is 10.8. The summed E-state index contributed by atoms with van der Waals surface area (Å²) in [6.45, 7) is 4.73. The molecule has 2 aromatic rings. The molecule has 5 nitrogen and oxygen atoms in total. The number of likely N-dealkylation sites (N-methyl/N-ethyl adjacent to an activating group) is 1. The highest BCUT2D eigenvalue weighted by Crippen LogP contribution is 2.09. The summed E-state index contributed by atoms with van der Waals surface area (Å²) >= 11 is 0. The Kier molecular flexibility index (Phi) is 3.62. The standard InChI is InChI=1S/C13H17N3O2/c1-3-15(6-7-17)13(18)11-9-16-5-4-10(2)8-12(16)14-11/h4-5,8-9,17H,3,6-7H2,1-2H3. The fourth-order valence-electron chi connectivity index (χ4n) is 1.87. The number of aliphatic hydroxyl groups excluding tert-OH is 1. The average molecular weight is 247 g/mol. The number of imidazole rings is 1. The van der Waals surface area contributed by atoms with Crippen molar-refractivity contribution in [3.63, 3.8) is 0 Å². The first kappa shape index (κ1) is 12.6. The van der Waals surface area contributed by atoms with Gasteiger partial charge in [-0.15, -0.1) is 0 Å². The Bertz CT molecular complexity index is 562. The van der Waals surface area contributed by atoms with Crippen LogP contribution in [-0.4, -0.2) is 45.0 Å². The Morgan fingerprint density at radius 1 is 1.56 bits per heavy atom. The number of hydrogen-bond donors (Lipinski definition) is 1. The molecule has 0 aliphatic heterocycles. The van der Waals surface area contributed by atoms with Crippen LogP contribution in [0.3, 0.4) is 0 Å². The zero-order valence-corrected chi connectivity index (χ0v) is 10.6. The molecule has 2 heterocycles. The first-order valence-electron chi connectivity index (χ1n) is 6.01. The monoisotopic (exact) mass is 247 g/mol. The smallest absolute Gasteiger partial charge is 0.274 e. The van der Waals surface area contributed by atoms with Crippen LogP contribution >= 0.6 is 0 Å². The number of amides is 1. The molecule has 1 N–H and O–H groups in total. The van der Waals surface area contributed by atoms with Crippen LogP contribution in [0.1, 0.15) is 23.0 Å². The van der Waals surface area contributed by atoms with E-state index in [1.165, 1.54) is 0 Å². The lowest BCUT2D eigenvalue weighted by Gasteiger charge is -2.17. The molecule has 0 fully saturated rings. The van der Waals surface area contributed by atoms with E-state index in [4.69, 9.17) is 5.11 Å². The van der Waals surface area contributed by atoms with E-state index in [0.29, 0.717) is 18.8 Å². The number of carbonyl (C=O) groups excluding carboxylic acids is 1. The first-order chi connectivity index (χ1) is 8.65. The number of rotatable bonds is 4. The van der Waals surface area contributed by atoms with Gasteiger partial charge in [0.05, 0.1) is 6.61 Å². The molecule has 0 bridgehead atoms. The summed E-state index contributed by atoms with van der Waals surface area (Å²) in [4.78, 5) is 18.1. The van der Waals surface area contributed by atoms with Crippen molar-refractivity contribution in [1.82, 2.24) is 14.3 Å². The van der Waals surface area contributed by atoms with Gasteiger partial charge in [0.15, 0.2) is 0 Å². The van der Waals surface area contributed by atoms with Crippen molar-refractivity contribution in [3.05, 3.63) is 35.8 Å². The average Bonchev–Trinajstić information content (AvgIpc) is 2.77. The van der Waals surface area contributed by atoms with Gasteiger partial charge in [-0.2, -0.15) is 0 Å². The van der Waals surface area contributed by atoms with Gasteiger partial charge in [-0.3, -0.25) is 4.79 Å². The predicted octanol–water partition coefficient (Wildman–Crippen LogP) is 1.10. The Hall–Kier alpha value is -1.88. The minimum absolute atomic E-state index is 0.0357. The molecule has 0 radical (unpaired) electrons. The van der Waals surface area contributed by atoms with Crippen LogP contribution in [0, 0.1) is 6.92 Å². The molecule has 18 heavy (non-hydrogen) atoms. The topological polar surface area (TPSA) is 57.8 Å². The lowest BCUT2D eigenvalue weighted by molar-refractivity contribution is 0.0727. The second-order valence-electron chi connectivity index (χ2n) is 4.20. The van der Waals surface area contributed by atoms with Crippen molar-refractivity contribution in [3.8, 4) is 0 Å². The van der Waals surface area contributed by atoms with E-state index in [1.807, 2.05) is 36.6 Å². The number of fused-ring (bicyclic) bond motifs is 1. The van der Waals surface area contributed by atoms with Gasteiger partial charge in [0.1, 0.15) is 11.3 Å². The largest absolute Gasteiger partial charge is 0.395 e. The number of hydrogen-bond acceptors (Lipinski definition) is 3. The SMILES string of the molecule is CCN(CCO)C(=O)c1cn2ccc(C)cc2n1. The van der Waals surface area contributed by atoms with Gasteiger partial charge in [0.25, 0.3) is 5.91 Å². The van der Waals surface area contributed by atoms with E-state index in [1.54, 1.807) is 11.1 Å². The fourth-order valence-corrected chi connectivity index (χ4v) is 1.87. The molecule has 0 aliphatic rings. The van der Waals surface area contributed by atoms with Gasteiger partial charge in [0, 0.05) is 25.5 Å². The van der Waals surface area contributed by atoms with E-state index < -0.39 is 0 Å². The Morgan fingerprint density at radius 3 is 3.00 bits per heavy atom. The lowest BCUT2D eigenvalue weighted by atomic mass is 10.3. The summed E-state index contributed by atoms with van der Waals surface area (Å²) in [5, 5.41) is 8.92. The van der Waals surface area contributed by atoms with Gasteiger partial charge < -0.3 is 14.4 Å². The molecule has 2 rings (SSSR count). The van der Waals surface area contributed by atoms with Crippen LogP contribution in [0.4, 0.5) is 0 Å². The number of carbonyl (C=O) groups is 1. The number of aryl methyl sites for hydroxylation is 1. The van der Waals surface area contributed by atoms with Crippen LogP contribution in [-0.2, 0) is 0 Å². The van der Waals surface area contributed by atoms with Gasteiger partial charge in [-0.05, 0) is 31.5 Å². The minimum Gasteiger partial charge on any atom is -0.395 e. The minimum atomic E-state index is -0.145. The number of aliphatic hydroxyl groups is 1.